The minimum Gasteiger partial charge on any atom is -0.379 e. The molecule has 0 saturated carbocycles. The van der Waals surface area contributed by atoms with E-state index in [-0.39, 0.29) is 16.9 Å². The van der Waals surface area contributed by atoms with Crippen LogP contribution < -0.4 is 5.32 Å². The van der Waals surface area contributed by atoms with Gasteiger partial charge in [-0.15, -0.1) is 0 Å². The predicted molar refractivity (Wildman–Crippen MR) is 109 cm³/mol. The summed E-state index contributed by atoms with van der Waals surface area (Å²) in [6.45, 7) is 4.77. The van der Waals surface area contributed by atoms with Crippen molar-refractivity contribution in [3.8, 4) is 0 Å². The first-order valence-electron chi connectivity index (χ1n) is 9.47. The van der Waals surface area contributed by atoms with Crippen LogP contribution in [0.3, 0.4) is 0 Å². The fourth-order valence-corrected chi connectivity index (χ4v) is 6.13. The summed E-state index contributed by atoms with van der Waals surface area (Å²) in [6.07, 6.45) is 0. The zero-order valence-electron chi connectivity index (χ0n) is 16.9. The average Bonchev–Trinajstić information content (AvgIpc) is 2.64. The first-order valence-corrected chi connectivity index (χ1v) is 11.0. The molecule has 0 radical (unpaired) electrons. The molecule has 2 atom stereocenters. The zero-order chi connectivity index (χ0) is 21.9. The van der Waals surface area contributed by atoms with E-state index in [0.29, 0.717) is 24.8 Å². The number of sulfonamides is 1. The number of ether oxygens (including phenoxy) is 1. The van der Waals surface area contributed by atoms with Gasteiger partial charge in [-0.1, -0.05) is 37.3 Å². The van der Waals surface area contributed by atoms with Gasteiger partial charge >= 0.3 is 0 Å². The summed E-state index contributed by atoms with van der Waals surface area (Å²) >= 11 is 0. The van der Waals surface area contributed by atoms with Crippen molar-refractivity contribution in [2.24, 2.45) is 0 Å². The van der Waals surface area contributed by atoms with E-state index >= 15 is 0 Å². The van der Waals surface area contributed by atoms with Gasteiger partial charge in [-0.25, -0.2) is 21.5 Å². The first kappa shape index (κ1) is 20.7. The number of guanidine groups is 1. The molecular formula is C21H23F2N3O3S. The summed E-state index contributed by atoms with van der Waals surface area (Å²) in [6, 6.07) is 10.2. The Hall–Kier alpha value is -2.52. The van der Waals surface area contributed by atoms with E-state index < -0.39 is 32.4 Å². The molecule has 0 aliphatic carbocycles. The van der Waals surface area contributed by atoms with E-state index in [1.807, 2.05) is 12.1 Å². The molecule has 2 aromatic carbocycles. The van der Waals surface area contributed by atoms with Crippen molar-refractivity contribution in [3.05, 3.63) is 70.8 Å². The Morgan fingerprint density at radius 1 is 1.13 bits per heavy atom. The van der Waals surface area contributed by atoms with Crippen LogP contribution in [0.1, 0.15) is 35.8 Å². The number of nitrogens with zero attached hydrogens (tertiary/aromatic N) is 1. The summed E-state index contributed by atoms with van der Waals surface area (Å²) in [5.74, 6) is -2.02. The maximum Gasteiger partial charge on any atom is 0.246 e. The highest BCUT2D eigenvalue weighted by molar-refractivity contribution is 7.90. The molecule has 160 valence electrons. The molecule has 6 nitrogen and oxygen atoms in total. The van der Waals surface area contributed by atoms with Gasteiger partial charge in [-0.2, -0.15) is 0 Å². The number of hydrogen-bond acceptors (Lipinski definition) is 4. The van der Waals surface area contributed by atoms with Gasteiger partial charge < -0.3 is 10.1 Å². The van der Waals surface area contributed by atoms with Gasteiger partial charge in [0.15, 0.2) is 0 Å². The minimum absolute atomic E-state index is 0.0289. The highest BCUT2D eigenvalue weighted by atomic mass is 32.2. The molecule has 0 bridgehead atoms. The third kappa shape index (κ3) is 2.99. The molecule has 2 aliphatic rings. The van der Waals surface area contributed by atoms with Crippen molar-refractivity contribution in [1.29, 1.82) is 5.41 Å². The summed E-state index contributed by atoms with van der Waals surface area (Å²) in [7, 11) is -2.79. The predicted octanol–water partition coefficient (Wildman–Crippen LogP) is 3.01. The smallest absolute Gasteiger partial charge is 0.246 e. The summed E-state index contributed by atoms with van der Waals surface area (Å²) in [5, 5.41) is 9.70. The van der Waals surface area contributed by atoms with Crippen LogP contribution in [-0.4, -0.2) is 38.9 Å². The van der Waals surface area contributed by atoms with Crippen molar-refractivity contribution >= 4 is 16.0 Å². The number of hydrogen-bond donors (Lipinski definition) is 2. The molecule has 30 heavy (non-hydrogen) atoms. The van der Waals surface area contributed by atoms with Crippen LogP contribution >= 0.6 is 0 Å². The van der Waals surface area contributed by atoms with Crippen LogP contribution in [0, 0.1) is 17.0 Å². The average molecular weight is 435 g/mol. The standard InChI is InChI=1S/C21H23F2N3O3S/c1-20(11-29-12-20)14-6-4-13(5-7-14)18-21(2,16-9-8-15(22)10-17(16)23)25-19(24)26(3)30(18,27)28/h4-10,18H,11-12H2,1-3H3,(H2,24,25)/t18-,21-/m1/s1. The van der Waals surface area contributed by atoms with Crippen LogP contribution in [0.2, 0.25) is 0 Å². The summed E-state index contributed by atoms with van der Waals surface area (Å²) in [4.78, 5) is 0. The normalized spacial score (nSPS) is 27.3. The lowest BCUT2D eigenvalue weighted by Crippen LogP contribution is -2.62. The van der Waals surface area contributed by atoms with Crippen LogP contribution in [-0.2, 0) is 25.7 Å². The van der Waals surface area contributed by atoms with Gasteiger partial charge in [0.25, 0.3) is 0 Å². The second-order valence-corrected chi connectivity index (χ2v) is 10.4. The Balaban J connectivity index is 1.87. The Labute approximate surface area is 174 Å². The molecule has 0 unspecified atom stereocenters. The fraction of sp³-hybridized carbons (Fsp3) is 0.381. The van der Waals surface area contributed by atoms with Crippen LogP contribution in [0.15, 0.2) is 42.5 Å². The molecule has 2 fully saturated rings. The second-order valence-electron chi connectivity index (χ2n) is 8.37. The van der Waals surface area contributed by atoms with Crippen LogP contribution in [0.4, 0.5) is 8.78 Å². The van der Waals surface area contributed by atoms with Gasteiger partial charge in [0, 0.05) is 24.1 Å². The lowest BCUT2D eigenvalue weighted by molar-refractivity contribution is -0.0500. The first-order chi connectivity index (χ1) is 14.0. The molecule has 0 amide bonds. The van der Waals surface area contributed by atoms with Gasteiger partial charge in [0.05, 0.1) is 18.8 Å². The van der Waals surface area contributed by atoms with Crippen molar-refractivity contribution in [3.63, 3.8) is 0 Å². The van der Waals surface area contributed by atoms with E-state index in [1.165, 1.54) is 20.0 Å². The van der Waals surface area contributed by atoms with Crippen molar-refractivity contribution in [2.45, 2.75) is 30.1 Å². The quantitative estimate of drug-likeness (QED) is 0.777. The maximum absolute atomic E-state index is 14.7. The van der Waals surface area contributed by atoms with E-state index in [9.17, 15) is 17.2 Å². The molecule has 2 aliphatic heterocycles. The number of halogens is 2. The van der Waals surface area contributed by atoms with Gasteiger partial charge in [0.2, 0.25) is 16.0 Å². The van der Waals surface area contributed by atoms with Gasteiger partial charge in [-0.3, -0.25) is 5.41 Å². The van der Waals surface area contributed by atoms with Crippen molar-refractivity contribution in [1.82, 2.24) is 9.62 Å². The Kier molecular flexibility index (Phi) is 4.66. The van der Waals surface area contributed by atoms with Gasteiger partial charge in [0.1, 0.15) is 16.9 Å². The van der Waals surface area contributed by atoms with E-state index in [2.05, 4.69) is 12.2 Å². The Morgan fingerprint density at radius 2 is 1.77 bits per heavy atom. The minimum atomic E-state index is -4.07. The molecule has 2 aromatic rings. The topological polar surface area (TPSA) is 82.5 Å². The molecule has 2 N–H and O–H groups in total. The van der Waals surface area contributed by atoms with E-state index in [0.717, 1.165) is 15.9 Å². The molecule has 0 spiro atoms. The third-order valence-electron chi connectivity index (χ3n) is 6.14. The molecule has 4 rings (SSSR count). The van der Waals surface area contributed by atoms with Crippen molar-refractivity contribution in [2.75, 3.05) is 20.3 Å². The molecule has 2 saturated heterocycles. The zero-order valence-corrected chi connectivity index (χ0v) is 17.7. The number of nitrogens with one attached hydrogen (secondary N) is 2. The highest BCUT2D eigenvalue weighted by Crippen LogP contribution is 2.46. The fourth-order valence-electron chi connectivity index (χ4n) is 4.23. The molecule has 9 heteroatoms. The van der Waals surface area contributed by atoms with Crippen LogP contribution in [0.5, 0.6) is 0 Å². The van der Waals surface area contributed by atoms with Gasteiger partial charge in [-0.05, 0) is 24.1 Å². The van der Waals surface area contributed by atoms with E-state index in [4.69, 9.17) is 10.1 Å². The monoisotopic (exact) mass is 435 g/mol. The molecule has 2 heterocycles. The lowest BCUT2D eigenvalue weighted by atomic mass is 9.79. The summed E-state index contributed by atoms with van der Waals surface area (Å²) in [5.41, 5.74) is -0.201. The summed E-state index contributed by atoms with van der Waals surface area (Å²) < 4.78 is 61.1. The number of rotatable bonds is 3. The van der Waals surface area contributed by atoms with E-state index in [1.54, 1.807) is 12.1 Å². The van der Waals surface area contributed by atoms with Crippen LogP contribution in [0.25, 0.3) is 0 Å². The molecule has 0 aromatic heterocycles. The Morgan fingerprint density at radius 3 is 2.30 bits per heavy atom. The largest absolute Gasteiger partial charge is 0.379 e. The third-order valence-corrected chi connectivity index (χ3v) is 8.42. The maximum atomic E-state index is 14.7. The second kappa shape index (κ2) is 6.75. The number of benzene rings is 2. The highest BCUT2D eigenvalue weighted by Gasteiger charge is 2.53. The SMILES string of the molecule is CN1C(=N)N[C@](C)(c2ccc(F)cc2F)[C@@H](c2ccc(C3(C)COC3)cc2)S1(=O)=O. The lowest BCUT2D eigenvalue weighted by Gasteiger charge is -2.46. The van der Waals surface area contributed by atoms with Crippen molar-refractivity contribution < 1.29 is 21.9 Å². The Bertz CT molecular complexity index is 1120. The molecular weight excluding hydrogens is 412 g/mol.